The lowest BCUT2D eigenvalue weighted by Gasteiger charge is -2.31. The molecule has 1 unspecified atom stereocenters. The third-order valence-electron chi connectivity index (χ3n) is 4.36. The molecule has 1 aromatic carbocycles. The lowest BCUT2D eigenvalue weighted by molar-refractivity contribution is -0.384. The van der Waals surface area contributed by atoms with E-state index in [0.717, 1.165) is 5.56 Å². The van der Waals surface area contributed by atoms with Crippen molar-refractivity contribution >= 4 is 29.1 Å². The number of carbonyl (C=O) groups excluding carboxylic acids is 1. The first-order valence-corrected chi connectivity index (χ1v) is 9.23. The van der Waals surface area contributed by atoms with Crippen molar-refractivity contribution in [3.8, 4) is 0 Å². The van der Waals surface area contributed by atoms with Crippen molar-refractivity contribution in [2.24, 2.45) is 0 Å². The summed E-state index contributed by atoms with van der Waals surface area (Å²) in [7, 11) is 0. The molecule has 1 amide bonds. The lowest BCUT2D eigenvalue weighted by Crippen LogP contribution is -2.45. The number of hydrogen-bond donors (Lipinski definition) is 3. The lowest BCUT2D eigenvalue weighted by atomic mass is 9.89. The molecule has 29 heavy (non-hydrogen) atoms. The van der Waals surface area contributed by atoms with E-state index in [2.05, 4.69) is 15.6 Å². The van der Waals surface area contributed by atoms with Crippen LogP contribution in [0.5, 0.6) is 0 Å². The molecule has 1 heterocycles. The summed E-state index contributed by atoms with van der Waals surface area (Å²) in [5.41, 5.74) is 5.71. The first kappa shape index (κ1) is 21.9. The predicted octanol–water partition coefficient (Wildman–Crippen LogP) is 4.47. The van der Waals surface area contributed by atoms with E-state index in [-0.39, 0.29) is 17.3 Å². The summed E-state index contributed by atoms with van der Waals surface area (Å²) in [6.07, 6.45) is 0.144. The Kier molecular flexibility index (Phi) is 6.31. The van der Waals surface area contributed by atoms with Crippen molar-refractivity contribution in [1.29, 1.82) is 0 Å². The van der Waals surface area contributed by atoms with Crippen molar-refractivity contribution in [3.05, 3.63) is 52.1 Å². The van der Waals surface area contributed by atoms with Crippen LogP contribution < -0.4 is 16.4 Å². The van der Waals surface area contributed by atoms with Crippen LogP contribution in [0.2, 0.25) is 0 Å². The molecule has 0 aliphatic rings. The maximum atomic E-state index is 12.2. The van der Waals surface area contributed by atoms with Crippen LogP contribution in [0.1, 0.15) is 46.6 Å². The third-order valence-corrected chi connectivity index (χ3v) is 4.36. The van der Waals surface area contributed by atoms with Gasteiger partial charge in [-0.2, -0.15) is 0 Å². The van der Waals surface area contributed by atoms with Gasteiger partial charge in [-0.25, -0.2) is 9.78 Å². The third kappa shape index (κ3) is 5.81. The first-order valence-electron chi connectivity index (χ1n) is 9.23. The number of nitro groups is 1. The standard InChI is InChI=1S/C20H27N5O4/c1-6-20(5,24-18(26)29-19(2,3)4)13-7-9-14(10-8-13)22-17-15(25(27)28)11-12-16(21)23-17/h7-12H,6H2,1-5H3,(H,24,26)(H3,21,22,23). The molecule has 0 saturated carbocycles. The number of carbonyl (C=O) groups is 1. The highest BCUT2D eigenvalue weighted by molar-refractivity contribution is 5.70. The Labute approximate surface area is 169 Å². The minimum Gasteiger partial charge on any atom is -0.444 e. The zero-order valence-corrected chi connectivity index (χ0v) is 17.3. The summed E-state index contributed by atoms with van der Waals surface area (Å²) in [6.45, 7) is 9.28. The number of aromatic nitrogens is 1. The summed E-state index contributed by atoms with van der Waals surface area (Å²) in [4.78, 5) is 26.9. The van der Waals surface area contributed by atoms with Gasteiger partial charge in [-0.15, -0.1) is 0 Å². The number of nitrogen functional groups attached to an aromatic ring is 1. The number of ether oxygens (including phenoxy) is 1. The number of nitrogens with one attached hydrogen (secondary N) is 2. The predicted molar refractivity (Wildman–Crippen MR) is 112 cm³/mol. The molecule has 9 nitrogen and oxygen atoms in total. The number of hydrogen-bond acceptors (Lipinski definition) is 7. The Morgan fingerprint density at radius 3 is 2.31 bits per heavy atom. The minimum absolute atomic E-state index is 0.0629. The second-order valence-electron chi connectivity index (χ2n) is 7.88. The highest BCUT2D eigenvalue weighted by Crippen LogP contribution is 2.29. The van der Waals surface area contributed by atoms with Crippen molar-refractivity contribution in [2.75, 3.05) is 11.1 Å². The second kappa shape index (κ2) is 8.34. The molecule has 0 saturated heterocycles. The van der Waals surface area contributed by atoms with E-state index in [0.29, 0.717) is 12.1 Å². The maximum absolute atomic E-state index is 12.2. The van der Waals surface area contributed by atoms with Gasteiger partial charge < -0.3 is 21.1 Å². The Morgan fingerprint density at radius 1 is 1.17 bits per heavy atom. The van der Waals surface area contributed by atoms with Gasteiger partial charge in [0.05, 0.1) is 10.5 Å². The minimum atomic E-state index is -0.637. The average Bonchev–Trinajstić information content (AvgIpc) is 2.60. The Balaban J connectivity index is 2.21. The number of anilines is 3. The van der Waals surface area contributed by atoms with Crippen molar-refractivity contribution in [2.45, 2.75) is 52.2 Å². The summed E-state index contributed by atoms with van der Waals surface area (Å²) >= 11 is 0. The van der Waals surface area contributed by atoms with E-state index in [1.165, 1.54) is 12.1 Å². The van der Waals surface area contributed by atoms with Gasteiger partial charge in [-0.3, -0.25) is 10.1 Å². The summed E-state index contributed by atoms with van der Waals surface area (Å²) in [5, 5.41) is 17.0. The fourth-order valence-corrected chi connectivity index (χ4v) is 2.66. The van der Waals surface area contributed by atoms with E-state index >= 15 is 0 Å². The monoisotopic (exact) mass is 401 g/mol. The molecule has 0 aliphatic heterocycles. The quantitative estimate of drug-likeness (QED) is 0.480. The number of amides is 1. The molecule has 0 aliphatic carbocycles. The maximum Gasteiger partial charge on any atom is 0.408 e. The van der Waals surface area contributed by atoms with Gasteiger partial charge in [0.2, 0.25) is 5.82 Å². The highest BCUT2D eigenvalue weighted by atomic mass is 16.6. The van der Waals surface area contributed by atoms with Gasteiger partial charge in [-0.05, 0) is 57.9 Å². The van der Waals surface area contributed by atoms with Gasteiger partial charge in [-0.1, -0.05) is 19.1 Å². The first-order chi connectivity index (χ1) is 13.4. The molecule has 0 spiro atoms. The van der Waals surface area contributed by atoms with Gasteiger partial charge in [0.25, 0.3) is 0 Å². The second-order valence-corrected chi connectivity index (χ2v) is 7.88. The summed E-state index contributed by atoms with van der Waals surface area (Å²) in [6, 6.07) is 9.87. The SMILES string of the molecule is CCC(C)(NC(=O)OC(C)(C)C)c1ccc(Nc2nc(N)ccc2[N+](=O)[O-])cc1. The number of alkyl carbamates (subject to hydrolysis) is 1. The zero-order chi connectivity index (χ0) is 21.8. The van der Waals surface area contributed by atoms with E-state index < -0.39 is 22.2 Å². The van der Waals surface area contributed by atoms with Crippen LogP contribution in [0.4, 0.5) is 27.8 Å². The van der Waals surface area contributed by atoms with Crippen LogP contribution in [0.25, 0.3) is 0 Å². The Bertz CT molecular complexity index is 893. The molecule has 156 valence electrons. The van der Waals surface area contributed by atoms with Gasteiger partial charge in [0.1, 0.15) is 11.4 Å². The van der Waals surface area contributed by atoms with Crippen LogP contribution in [-0.4, -0.2) is 21.6 Å². The topological polar surface area (TPSA) is 132 Å². The zero-order valence-electron chi connectivity index (χ0n) is 17.3. The number of benzene rings is 1. The van der Waals surface area contributed by atoms with Gasteiger partial charge in [0.15, 0.2) is 0 Å². The van der Waals surface area contributed by atoms with Crippen LogP contribution in [0, 0.1) is 10.1 Å². The molecular formula is C20H27N5O4. The van der Waals surface area contributed by atoms with Crippen LogP contribution in [-0.2, 0) is 10.3 Å². The van der Waals surface area contributed by atoms with Crippen molar-refractivity contribution < 1.29 is 14.5 Å². The number of pyridine rings is 1. The average molecular weight is 401 g/mol. The summed E-state index contributed by atoms with van der Waals surface area (Å²) < 4.78 is 5.36. The van der Waals surface area contributed by atoms with Crippen LogP contribution in [0.15, 0.2) is 36.4 Å². The van der Waals surface area contributed by atoms with E-state index in [4.69, 9.17) is 10.5 Å². The van der Waals surface area contributed by atoms with Crippen LogP contribution >= 0.6 is 0 Å². The highest BCUT2D eigenvalue weighted by Gasteiger charge is 2.29. The Morgan fingerprint density at radius 2 is 1.79 bits per heavy atom. The number of rotatable bonds is 6. The van der Waals surface area contributed by atoms with E-state index in [1.54, 1.807) is 32.9 Å². The molecule has 0 fully saturated rings. The van der Waals surface area contributed by atoms with Gasteiger partial charge in [0, 0.05) is 11.8 Å². The smallest absolute Gasteiger partial charge is 0.408 e. The Hall–Kier alpha value is -3.36. The fourth-order valence-electron chi connectivity index (χ4n) is 2.66. The molecule has 9 heteroatoms. The molecule has 1 aromatic heterocycles. The molecule has 2 rings (SSSR count). The molecule has 4 N–H and O–H groups in total. The molecule has 2 aromatic rings. The van der Waals surface area contributed by atoms with Crippen LogP contribution in [0.3, 0.4) is 0 Å². The molecule has 1 atom stereocenters. The molecular weight excluding hydrogens is 374 g/mol. The van der Waals surface area contributed by atoms with E-state index in [9.17, 15) is 14.9 Å². The fraction of sp³-hybridized carbons (Fsp3) is 0.400. The summed E-state index contributed by atoms with van der Waals surface area (Å²) in [5.74, 6) is 0.239. The van der Waals surface area contributed by atoms with Gasteiger partial charge >= 0.3 is 11.8 Å². The normalized spacial score (nSPS) is 13.3. The largest absolute Gasteiger partial charge is 0.444 e. The van der Waals surface area contributed by atoms with Crippen molar-refractivity contribution in [3.63, 3.8) is 0 Å². The van der Waals surface area contributed by atoms with Crippen molar-refractivity contribution in [1.82, 2.24) is 10.3 Å². The molecule has 0 radical (unpaired) electrons. The number of nitrogens with zero attached hydrogens (tertiary/aromatic N) is 2. The molecule has 0 bridgehead atoms. The van der Waals surface area contributed by atoms with E-state index in [1.807, 2.05) is 26.0 Å². The number of nitrogens with two attached hydrogens (primary N) is 1.